The van der Waals surface area contributed by atoms with E-state index in [-0.39, 0.29) is 11.9 Å². The number of nitrogens with one attached hydrogen (secondary N) is 1. The number of piperidine rings is 1. The Morgan fingerprint density at radius 1 is 1.16 bits per heavy atom. The molecule has 1 saturated heterocycles. The van der Waals surface area contributed by atoms with Gasteiger partial charge >= 0.3 is 0 Å². The van der Waals surface area contributed by atoms with Gasteiger partial charge in [0.05, 0.1) is 5.69 Å². The number of rotatable bonds is 7. The Balaban J connectivity index is 1.34. The SMILES string of the molecule is CCc1cnc(N2CCC(Oc3ccc(-c4ccc(N=CNN)cc4F)cc3)CC2)nc1. The number of anilines is 1. The van der Waals surface area contributed by atoms with Crippen LogP contribution in [-0.2, 0) is 6.42 Å². The van der Waals surface area contributed by atoms with Gasteiger partial charge in [0.25, 0.3) is 0 Å². The van der Waals surface area contributed by atoms with E-state index in [1.54, 1.807) is 12.1 Å². The van der Waals surface area contributed by atoms with Gasteiger partial charge < -0.3 is 15.1 Å². The van der Waals surface area contributed by atoms with Gasteiger partial charge in [-0.05, 0) is 41.8 Å². The number of nitrogens with zero attached hydrogens (tertiary/aromatic N) is 4. The van der Waals surface area contributed by atoms with E-state index in [4.69, 9.17) is 10.6 Å². The topological polar surface area (TPSA) is 88.7 Å². The summed E-state index contributed by atoms with van der Waals surface area (Å²) in [6.07, 6.45) is 7.97. The average molecular weight is 435 g/mol. The van der Waals surface area contributed by atoms with Crippen LogP contribution in [0.25, 0.3) is 11.1 Å². The molecule has 7 nitrogen and oxygen atoms in total. The van der Waals surface area contributed by atoms with Crippen LogP contribution in [0.15, 0.2) is 59.9 Å². The number of hydrogen-bond donors (Lipinski definition) is 2. The highest BCUT2D eigenvalue weighted by molar-refractivity contribution is 5.68. The molecule has 32 heavy (non-hydrogen) atoms. The lowest BCUT2D eigenvalue weighted by Gasteiger charge is -2.32. The molecule has 8 heteroatoms. The standard InChI is InChI=1S/C24H27FN6O/c1-2-17-14-27-24(28-15-17)31-11-9-21(10-12-31)32-20-6-3-18(4-7-20)22-8-5-19(13-23(22)25)29-16-30-26/h3-8,13-16,21H,2,9-12,26H2,1H3,(H,29,30). The molecule has 1 aliphatic rings. The predicted octanol–water partition coefficient (Wildman–Crippen LogP) is 4.02. The van der Waals surface area contributed by atoms with Gasteiger partial charge in [-0.25, -0.2) is 25.2 Å². The number of hydrazine groups is 1. The first kappa shape index (κ1) is 21.7. The number of aromatic nitrogens is 2. The van der Waals surface area contributed by atoms with Crippen LogP contribution in [0.4, 0.5) is 16.0 Å². The molecular formula is C24H27FN6O. The zero-order valence-electron chi connectivity index (χ0n) is 18.0. The number of halogens is 1. The number of aryl methyl sites for hydroxylation is 1. The Hall–Kier alpha value is -3.52. The summed E-state index contributed by atoms with van der Waals surface area (Å²) in [5.41, 5.74) is 5.22. The monoisotopic (exact) mass is 434 g/mol. The van der Waals surface area contributed by atoms with Gasteiger partial charge in [-0.15, -0.1) is 0 Å². The van der Waals surface area contributed by atoms with Crippen molar-refractivity contribution < 1.29 is 9.13 Å². The van der Waals surface area contributed by atoms with Crippen LogP contribution in [0.3, 0.4) is 0 Å². The van der Waals surface area contributed by atoms with Gasteiger partial charge in [-0.1, -0.05) is 19.1 Å². The molecule has 0 saturated carbocycles. The van der Waals surface area contributed by atoms with E-state index in [0.717, 1.165) is 55.2 Å². The summed E-state index contributed by atoms with van der Waals surface area (Å²) in [5, 5.41) is 0. The highest BCUT2D eigenvalue weighted by atomic mass is 19.1. The summed E-state index contributed by atoms with van der Waals surface area (Å²) >= 11 is 0. The maximum atomic E-state index is 14.5. The minimum absolute atomic E-state index is 0.136. The number of aliphatic imine (C=N–C) groups is 1. The molecular weight excluding hydrogens is 407 g/mol. The van der Waals surface area contributed by atoms with Gasteiger partial charge in [0.1, 0.15) is 24.0 Å². The van der Waals surface area contributed by atoms with E-state index in [9.17, 15) is 4.39 Å². The molecule has 0 atom stereocenters. The van der Waals surface area contributed by atoms with Crippen LogP contribution in [0.2, 0.25) is 0 Å². The summed E-state index contributed by atoms with van der Waals surface area (Å²) < 4.78 is 20.6. The van der Waals surface area contributed by atoms with E-state index in [1.807, 2.05) is 36.7 Å². The second-order valence-corrected chi connectivity index (χ2v) is 7.66. The zero-order chi connectivity index (χ0) is 22.3. The van der Waals surface area contributed by atoms with Crippen LogP contribution in [-0.4, -0.2) is 35.5 Å². The Kier molecular flexibility index (Phi) is 6.91. The third kappa shape index (κ3) is 5.20. The van der Waals surface area contributed by atoms with E-state index in [1.165, 1.54) is 12.4 Å². The van der Waals surface area contributed by atoms with E-state index in [2.05, 4.69) is 32.2 Å². The summed E-state index contributed by atoms with van der Waals surface area (Å²) in [4.78, 5) is 15.1. The summed E-state index contributed by atoms with van der Waals surface area (Å²) in [6.45, 7) is 3.81. The smallest absolute Gasteiger partial charge is 0.225 e. The molecule has 3 N–H and O–H groups in total. The van der Waals surface area contributed by atoms with Crippen molar-refractivity contribution in [3.63, 3.8) is 0 Å². The van der Waals surface area contributed by atoms with Crippen molar-refractivity contribution in [2.75, 3.05) is 18.0 Å². The molecule has 1 fully saturated rings. The number of benzene rings is 2. The molecule has 3 aromatic rings. The van der Waals surface area contributed by atoms with Crippen molar-refractivity contribution in [3.05, 3.63) is 66.2 Å². The van der Waals surface area contributed by atoms with Gasteiger partial charge in [0.15, 0.2) is 0 Å². The quantitative estimate of drug-likeness (QED) is 0.253. The molecule has 166 valence electrons. The first-order chi connectivity index (χ1) is 15.7. The van der Waals surface area contributed by atoms with Crippen molar-refractivity contribution >= 4 is 18.0 Å². The molecule has 1 aliphatic heterocycles. The molecule has 0 spiro atoms. The fourth-order valence-electron chi connectivity index (χ4n) is 3.70. The van der Waals surface area contributed by atoms with E-state index < -0.39 is 0 Å². The van der Waals surface area contributed by atoms with Gasteiger partial charge in [-0.3, -0.25) is 0 Å². The van der Waals surface area contributed by atoms with Gasteiger partial charge in [0, 0.05) is 50.0 Å². The first-order valence-electron chi connectivity index (χ1n) is 10.8. The normalized spacial score (nSPS) is 14.7. The predicted molar refractivity (Wildman–Crippen MR) is 125 cm³/mol. The molecule has 2 aromatic carbocycles. The second kappa shape index (κ2) is 10.2. The fourth-order valence-corrected chi connectivity index (χ4v) is 3.70. The minimum Gasteiger partial charge on any atom is -0.490 e. The van der Waals surface area contributed by atoms with Crippen molar-refractivity contribution in [1.29, 1.82) is 0 Å². The second-order valence-electron chi connectivity index (χ2n) is 7.66. The minimum atomic E-state index is -0.341. The molecule has 0 radical (unpaired) electrons. The maximum Gasteiger partial charge on any atom is 0.225 e. The van der Waals surface area contributed by atoms with E-state index in [0.29, 0.717) is 11.3 Å². The Bertz CT molecular complexity index is 1050. The van der Waals surface area contributed by atoms with Gasteiger partial charge in [0.2, 0.25) is 5.95 Å². The molecule has 1 aromatic heterocycles. The molecule has 0 bridgehead atoms. The Labute approximate surface area is 187 Å². The Morgan fingerprint density at radius 2 is 1.88 bits per heavy atom. The van der Waals surface area contributed by atoms with Crippen molar-refractivity contribution in [2.24, 2.45) is 10.8 Å². The van der Waals surface area contributed by atoms with Crippen LogP contribution in [0.1, 0.15) is 25.3 Å². The third-order valence-corrected chi connectivity index (χ3v) is 5.53. The summed E-state index contributed by atoms with van der Waals surface area (Å²) in [6, 6.07) is 12.3. The summed E-state index contributed by atoms with van der Waals surface area (Å²) in [5.74, 6) is 6.37. The van der Waals surface area contributed by atoms with Crippen molar-refractivity contribution in [3.8, 4) is 16.9 Å². The molecule has 4 rings (SSSR count). The number of nitrogens with two attached hydrogens (primary N) is 1. The maximum absolute atomic E-state index is 14.5. The van der Waals surface area contributed by atoms with Crippen LogP contribution < -0.4 is 20.9 Å². The highest BCUT2D eigenvalue weighted by Crippen LogP contribution is 2.29. The van der Waals surface area contributed by atoms with Crippen molar-refractivity contribution in [2.45, 2.75) is 32.3 Å². The van der Waals surface area contributed by atoms with Crippen molar-refractivity contribution in [1.82, 2.24) is 15.4 Å². The lowest BCUT2D eigenvalue weighted by molar-refractivity contribution is 0.170. The first-order valence-corrected chi connectivity index (χ1v) is 10.8. The fraction of sp³-hybridized carbons (Fsp3) is 0.292. The van der Waals surface area contributed by atoms with Crippen LogP contribution >= 0.6 is 0 Å². The van der Waals surface area contributed by atoms with Crippen LogP contribution in [0.5, 0.6) is 5.75 Å². The summed E-state index contributed by atoms with van der Waals surface area (Å²) in [7, 11) is 0. The van der Waals surface area contributed by atoms with E-state index >= 15 is 0 Å². The Morgan fingerprint density at radius 3 is 2.50 bits per heavy atom. The molecule has 0 unspecified atom stereocenters. The largest absolute Gasteiger partial charge is 0.490 e. The lowest BCUT2D eigenvalue weighted by atomic mass is 10.0. The average Bonchev–Trinajstić information content (AvgIpc) is 2.84. The van der Waals surface area contributed by atoms with Crippen LogP contribution in [0, 0.1) is 5.82 Å². The zero-order valence-corrected chi connectivity index (χ0v) is 18.0. The third-order valence-electron chi connectivity index (χ3n) is 5.53. The number of ether oxygens (including phenoxy) is 1. The van der Waals surface area contributed by atoms with Gasteiger partial charge in [-0.2, -0.15) is 0 Å². The highest BCUT2D eigenvalue weighted by Gasteiger charge is 2.22. The number of hydrogen-bond acceptors (Lipinski definition) is 6. The molecule has 2 heterocycles. The molecule has 0 amide bonds. The lowest BCUT2D eigenvalue weighted by Crippen LogP contribution is -2.39. The molecule has 0 aliphatic carbocycles.